The van der Waals surface area contributed by atoms with Crippen LogP contribution in [0.5, 0.6) is 5.75 Å². The topological polar surface area (TPSA) is 50.8 Å². The number of piperidine rings is 1. The summed E-state index contributed by atoms with van der Waals surface area (Å²) in [5, 5.41) is 3.77. The van der Waals surface area contributed by atoms with Crippen molar-refractivity contribution < 1.29 is 14.3 Å². The Morgan fingerprint density at radius 2 is 1.85 bits per heavy atom. The highest BCUT2D eigenvalue weighted by Crippen LogP contribution is 2.46. The number of rotatable bonds is 4. The van der Waals surface area contributed by atoms with Crippen molar-refractivity contribution in [2.75, 3.05) is 20.2 Å². The first-order valence-corrected chi connectivity index (χ1v) is 10.2. The van der Waals surface area contributed by atoms with Gasteiger partial charge in [0.2, 0.25) is 0 Å². The Morgan fingerprint density at radius 1 is 1.19 bits per heavy atom. The summed E-state index contributed by atoms with van der Waals surface area (Å²) in [5.41, 5.74) is 1.11. The van der Waals surface area contributed by atoms with Crippen LogP contribution in [0, 0.1) is 5.41 Å². The molecule has 1 aromatic rings. The monoisotopic (exact) mass is 374 g/mol. The van der Waals surface area contributed by atoms with Crippen LogP contribution in [0.15, 0.2) is 24.3 Å². The zero-order valence-electron chi connectivity index (χ0n) is 17.2. The number of nitrogens with zero attached hydrogens (tertiary/aromatic N) is 1. The molecule has 3 rings (SSSR count). The smallest absolute Gasteiger partial charge is 0.410 e. The maximum atomic E-state index is 12.6. The van der Waals surface area contributed by atoms with E-state index in [2.05, 4.69) is 17.4 Å². The molecule has 2 fully saturated rings. The lowest BCUT2D eigenvalue weighted by Gasteiger charge is -2.46. The molecule has 150 valence electrons. The van der Waals surface area contributed by atoms with Crippen LogP contribution in [-0.2, 0) is 11.3 Å². The molecule has 1 saturated carbocycles. The molecule has 1 N–H and O–H groups in total. The largest absolute Gasteiger partial charge is 0.497 e. The Labute approximate surface area is 163 Å². The standard InChI is InChI=1S/C22H34N2O3/c1-21(2,3)27-20(25)24-14-13-22(11-5-6-12-22)19(16-24)23-15-17-7-9-18(26-4)10-8-17/h7-10,19,23H,5-6,11-16H2,1-4H3. The third-order valence-electron chi connectivity index (χ3n) is 5.98. The first-order valence-electron chi connectivity index (χ1n) is 10.2. The van der Waals surface area contributed by atoms with Gasteiger partial charge in [-0.3, -0.25) is 0 Å². The van der Waals surface area contributed by atoms with E-state index in [9.17, 15) is 4.79 Å². The Bertz CT molecular complexity index is 630. The van der Waals surface area contributed by atoms with E-state index in [4.69, 9.17) is 9.47 Å². The fourth-order valence-corrected chi connectivity index (χ4v) is 4.47. The lowest BCUT2D eigenvalue weighted by Crippen LogP contribution is -2.57. The van der Waals surface area contributed by atoms with Gasteiger partial charge in [-0.2, -0.15) is 0 Å². The van der Waals surface area contributed by atoms with E-state index >= 15 is 0 Å². The van der Waals surface area contributed by atoms with Crippen molar-refractivity contribution in [2.45, 2.75) is 71.1 Å². The van der Waals surface area contributed by atoms with E-state index in [0.717, 1.165) is 31.8 Å². The van der Waals surface area contributed by atoms with E-state index in [1.54, 1.807) is 7.11 Å². The van der Waals surface area contributed by atoms with Gasteiger partial charge in [0.05, 0.1) is 7.11 Å². The second-order valence-corrected chi connectivity index (χ2v) is 9.03. The Morgan fingerprint density at radius 3 is 2.44 bits per heavy atom. The number of likely N-dealkylation sites (tertiary alicyclic amines) is 1. The van der Waals surface area contributed by atoms with Gasteiger partial charge in [-0.1, -0.05) is 25.0 Å². The summed E-state index contributed by atoms with van der Waals surface area (Å²) in [4.78, 5) is 14.5. The normalized spacial score (nSPS) is 22.1. The van der Waals surface area contributed by atoms with Crippen molar-refractivity contribution in [1.82, 2.24) is 10.2 Å². The minimum Gasteiger partial charge on any atom is -0.497 e. The molecule has 1 unspecified atom stereocenters. The van der Waals surface area contributed by atoms with Gasteiger partial charge in [0, 0.05) is 25.7 Å². The van der Waals surface area contributed by atoms with E-state index in [-0.39, 0.29) is 6.09 Å². The van der Waals surface area contributed by atoms with Gasteiger partial charge in [-0.05, 0) is 63.1 Å². The number of nitrogens with one attached hydrogen (secondary N) is 1. The summed E-state index contributed by atoms with van der Waals surface area (Å²) >= 11 is 0. The lowest BCUT2D eigenvalue weighted by molar-refractivity contribution is 0.000758. The predicted octanol–water partition coefficient (Wildman–Crippen LogP) is 4.35. The highest BCUT2D eigenvalue weighted by Gasteiger charge is 2.45. The van der Waals surface area contributed by atoms with E-state index in [1.807, 2.05) is 37.8 Å². The van der Waals surface area contributed by atoms with Crippen LogP contribution >= 0.6 is 0 Å². The third-order valence-corrected chi connectivity index (χ3v) is 5.98. The fourth-order valence-electron chi connectivity index (χ4n) is 4.47. The fraction of sp³-hybridized carbons (Fsp3) is 0.682. The molecule has 27 heavy (non-hydrogen) atoms. The molecule has 1 saturated heterocycles. The van der Waals surface area contributed by atoms with Crippen LogP contribution in [0.2, 0.25) is 0 Å². The van der Waals surface area contributed by atoms with Gasteiger partial charge in [0.1, 0.15) is 11.4 Å². The second kappa shape index (κ2) is 8.09. The van der Waals surface area contributed by atoms with Gasteiger partial charge in [-0.25, -0.2) is 4.79 Å². The molecule has 5 heteroatoms. The molecule has 1 amide bonds. The predicted molar refractivity (Wildman–Crippen MR) is 107 cm³/mol. The Hall–Kier alpha value is -1.75. The van der Waals surface area contributed by atoms with Crippen LogP contribution < -0.4 is 10.1 Å². The zero-order chi connectivity index (χ0) is 19.5. The molecule has 1 heterocycles. The van der Waals surface area contributed by atoms with Crippen molar-refractivity contribution in [1.29, 1.82) is 0 Å². The average molecular weight is 375 g/mol. The summed E-state index contributed by atoms with van der Waals surface area (Å²) in [6, 6.07) is 8.50. The summed E-state index contributed by atoms with van der Waals surface area (Å²) in [5.74, 6) is 0.875. The number of benzene rings is 1. The minimum absolute atomic E-state index is 0.188. The molecule has 0 bridgehead atoms. The van der Waals surface area contributed by atoms with Crippen molar-refractivity contribution in [2.24, 2.45) is 5.41 Å². The zero-order valence-corrected chi connectivity index (χ0v) is 17.2. The molecule has 1 spiro atoms. The molecule has 1 aliphatic carbocycles. The van der Waals surface area contributed by atoms with Gasteiger partial charge < -0.3 is 19.7 Å². The van der Waals surface area contributed by atoms with Crippen molar-refractivity contribution in [3.8, 4) is 5.75 Å². The number of carbonyl (C=O) groups excluding carboxylic acids is 1. The van der Waals surface area contributed by atoms with Crippen LogP contribution in [0.3, 0.4) is 0 Å². The first-order chi connectivity index (χ1) is 12.8. The summed E-state index contributed by atoms with van der Waals surface area (Å²) < 4.78 is 10.9. The number of ether oxygens (including phenoxy) is 2. The highest BCUT2D eigenvalue weighted by atomic mass is 16.6. The maximum Gasteiger partial charge on any atom is 0.410 e. The van der Waals surface area contributed by atoms with Crippen LogP contribution in [-0.4, -0.2) is 42.8 Å². The van der Waals surface area contributed by atoms with Crippen molar-refractivity contribution in [3.63, 3.8) is 0 Å². The lowest BCUT2D eigenvalue weighted by atomic mass is 9.73. The van der Waals surface area contributed by atoms with Gasteiger partial charge >= 0.3 is 6.09 Å². The molecule has 2 aliphatic rings. The Balaban J connectivity index is 1.66. The molecular formula is C22H34N2O3. The van der Waals surface area contributed by atoms with Crippen LogP contribution in [0.4, 0.5) is 4.79 Å². The molecule has 0 radical (unpaired) electrons. The number of amides is 1. The van der Waals surface area contributed by atoms with E-state index in [1.165, 1.54) is 31.2 Å². The first kappa shape index (κ1) is 20.0. The second-order valence-electron chi connectivity index (χ2n) is 9.03. The van der Waals surface area contributed by atoms with Gasteiger partial charge in [-0.15, -0.1) is 0 Å². The summed E-state index contributed by atoms with van der Waals surface area (Å²) in [7, 11) is 1.68. The molecule has 5 nitrogen and oxygen atoms in total. The number of carbonyl (C=O) groups is 1. The van der Waals surface area contributed by atoms with E-state index < -0.39 is 5.60 Å². The molecule has 1 aromatic carbocycles. The van der Waals surface area contributed by atoms with Crippen LogP contribution in [0.1, 0.15) is 58.4 Å². The molecular weight excluding hydrogens is 340 g/mol. The summed E-state index contributed by atoms with van der Waals surface area (Å²) in [6.45, 7) is 8.10. The number of methoxy groups -OCH3 is 1. The average Bonchev–Trinajstić information content (AvgIpc) is 3.09. The third kappa shape index (κ3) is 4.95. The van der Waals surface area contributed by atoms with Crippen molar-refractivity contribution in [3.05, 3.63) is 29.8 Å². The summed E-state index contributed by atoms with van der Waals surface area (Å²) in [6.07, 6.45) is 5.99. The highest BCUT2D eigenvalue weighted by molar-refractivity contribution is 5.68. The number of hydrogen-bond donors (Lipinski definition) is 1. The molecule has 1 atom stereocenters. The van der Waals surface area contributed by atoms with Gasteiger partial charge in [0.15, 0.2) is 0 Å². The molecule has 1 aliphatic heterocycles. The van der Waals surface area contributed by atoms with Crippen LogP contribution in [0.25, 0.3) is 0 Å². The Kier molecular flexibility index (Phi) is 5.99. The quantitative estimate of drug-likeness (QED) is 0.851. The van der Waals surface area contributed by atoms with Crippen molar-refractivity contribution >= 4 is 6.09 Å². The minimum atomic E-state index is -0.453. The molecule has 0 aromatic heterocycles. The maximum absolute atomic E-state index is 12.6. The SMILES string of the molecule is COc1ccc(CNC2CN(C(=O)OC(C)(C)C)CCC23CCCC3)cc1. The van der Waals surface area contributed by atoms with E-state index in [0.29, 0.717) is 11.5 Å². The number of hydrogen-bond acceptors (Lipinski definition) is 4. The van der Waals surface area contributed by atoms with Gasteiger partial charge in [0.25, 0.3) is 0 Å².